The molecule has 5 heteroatoms. The summed E-state index contributed by atoms with van der Waals surface area (Å²) in [7, 11) is 0. The summed E-state index contributed by atoms with van der Waals surface area (Å²) in [5.41, 5.74) is 5.56. The van der Waals surface area contributed by atoms with Gasteiger partial charge in [0.25, 0.3) is 5.91 Å². The molecule has 1 aliphatic rings. The lowest BCUT2D eigenvalue weighted by atomic mass is 10.0. The molecule has 4 nitrogen and oxygen atoms in total. The number of anilines is 2. The van der Waals surface area contributed by atoms with E-state index in [1.54, 1.807) is 11.8 Å². The van der Waals surface area contributed by atoms with Gasteiger partial charge in [-0.15, -0.1) is 11.8 Å². The summed E-state index contributed by atoms with van der Waals surface area (Å²) >= 11 is 1.62. The van der Waals surface area contributed by atoms with Gasteiger partial charge in [-0.25, -0.2) is 0 Å². The van der Waals surface area contributed by atoms with Crippen molar-refractivity contribution in [3.63, 3.8) is 0 Å². The Bertz CT molecular complexity index is 1090. The summed E-state index contributed by atoms with van der Waals surface area (Å²) in [6.45, 7) is 6.25. The van der Waals surface area contributed by atoms with Crippen LogP contribution in [0.5, 0.6) is 0 Å². The largest absolute Gasteiger partial charge is 0.322 e. The molecule has 2 amide bonds. The number of hydrogen-bond donors (Lipinski definition) is 1. The van der Waals surface area contributed by atoms with Gasteiger partial charge in [-0.2, -0.15) is 0 Å². The van der Waals surface area contributed by atoms with Crippen molar-refractivity contribution in [2.45, 2.75) is 32.1 Å². The molecular weight excluding hydrogens is 404 g/mol. The third-order valence-corrected chi connectivity index (χ3v) is 6.76. The Balaban J connectivity index is 1.51. The van der Waals surface area contributed by atoms with E-state index in [-0.39, 0.29) is 17.2 Å². The Labute approximate surface area is 187 Å². The third kappa shape index (κ3) is 4.52. The zero-order valence-electron chi connectivity index (χ0n) is 18.0. The highest BCUT2D eigenvalue weighted by molar-refractivity contribution is 8.00. The van der Waals surface area contributed by atoms with Crippen molar-refractivity contribution in [1.29, 1.82) is 0 Å². The van der Waals surface area contributed by atoms with Gasteiger partial charge in [0.2, 0.25) is 5.91 Å². The Morgan fingerprint density at radius 2 is 1.68 bits per heavy atom. The van der Waals surface area contributed by atoms with Crippen molar-refractivity contribution >= 4 is 35.0 Å². The SMILES string of the molecule is Cc1ccccc1C(=O)Nc1ccc([C@H]2SCC(=O)N2c2ccc(C(C)C)cc2)cc1. The van der Waals surface area contributed by atoms with E-state index in [9.17, 15) is 9.59 Å². The predicted molar refractivity (Wildman–Crippen MR) is 129 cm³/mol. The molecule has 0 aliphatic carbocycles. The molecule has 0 spiro atoms. The van der Waals surface area contributed by atoms with Crippen molar-refractivity contribution in [3.05, 3.63) is 95.1 Å². The minimum Gasteiger partial charge on any atom is -0.322 e. The van der Waals surface area contributed by atoms with Gasteiger partial charge >= 0.3 is 0 Å². The molecule has 4 rings (SSSR count). The van der Waals surface area contributed by atoms with Crippen LogP contribution in [0.2, 0.25) is 0 Å². The van der Waals surface area contributed by atoms with Gasteiger partial charge in [-0.1, -0.05) is 56.3 Å². The van der Waals surface area contributed by atoms with Crippen molar-refractivity contribution in [2.24, 2.45) is 0 Å². The van der Waals surface area contributed by atoms with Crippen molar-refractivity contribution in [3.8, 4) is 0 Å². The number of aryl methyl sites for hydroxylation is 1. The minimum atomic E-state index is -0.122. The Morgan fingerprint density at radius 1 is 1.00 bits per heavy atom. The van der Waals surface area contributed by atoms with Crippen LogP contribution in [0.3, 0.4) is 0 Å². The molecule has 1 atom stereocenters. The summed E-state index contributed by atoms with van der Waals surface area (Å²) in [6.07, 6.45) is 0. The zero-order chi connectivity index (χ0) is 22.0. The minimum absolute atomic E-state index is 0.0708. The van der Waals surface area contributed by atoms with Crippen LogP contribution >= 0.6 is 11.8 Å². The fraction of sp³-hybridized carbons (Fsp3) is 0.231. The van der Waals surface area contributed by atoms with Crippen molar-refractivity contribution < 1.29 is 9.59 Å². The van der Waals surface area contributed by atoms with Gasteiger partial charge in [-0.05, 0) is 59.9 Å². The number of benzene rings is 3. The van der Waals surface area contributed by atoms with Crippen molar-refractivity contribution in [1.82, 2.24) is 0 Å². The van der Waals surface area contributed by atoms with Gasteiger partial charge in [0.05, 0.1) is 5.75 Å². The first-order valence-corrected chi connectivity index (χ1v) is 11.5. The Morgan fingerprint density at radius 3 is 2.32 bits per heavy atom. The number of carbonyl (C=O) groups excluding carboxylic acids is 2. The van der Waals surface area contributed by atoms with Crippen LogP contribution in [0.4, 0.5) is 11.4 Å². The number of carbonyl (C=O) groups is 2. The average molecular weight is 431 g/mol. The van der Waals surface area contributed by atoms with E-state index in [1.165, 1.54) is 5.56 Å². The van der Waals surface area contributed by atoms with Crippen LogP contribution in [-0.2, 0) is 4.79 Å². The second-order valence-electron chi connectivity index (χ2n) is 8.06. The first-order valence-electron chi connectivity index (χ1n) is 10.4. The number of hydrogen-bond acceptors (Lipinski definition) is 3. The molecule has 0 saturated carbocycles. The molecule has 1 fully saturated rings. The summed E-state index contributed by atoms with van der Waals surface area (Å²) in [5.74, 6) is 0.908. The predicted octanol–water partition coefficient (Wildman–Crippen LogP) is 6.15. The molecular formula is C26H26N2O2S. The molecule has 0 unspecified atom stereocenters. The Kier molecular flexibility index (Phi) is 6.14. The van der Waals surface area contributed by atoms with Crippen LogP contribution in [-0.4, -0.2) is 17.6 Å². The molecule has 0 bridgehead atoms. The van der Waals surface area contributed by atoms with E-state index in [0.29, 0.717) is 17.2 Å². The van der Waals surface area contributed by atoms with E-state index in [4.69, 9.17) is 0 Å². The van der Waals surface area contributed by atoms with E-state index in [2.05, 4.69) is 31.3 Å². The molecule has 0 aromatic heterocycles. The standard InChI is InChI=1S/C26H26N2O2S/c1-17(2)19-10-14-22(15-11-19)28-24(29)16-31-26(28)20-8-12-21(13-9-20)27-25(30)23-7-5-4-6-18(23)3/h4-15,17,26H,16H2,1-3H3,(H,27,30)/t26-/m1/s1. The quantitative estimate of drug-likeness (QED) is 0.528. The number of nitrogens with one attached hydrogen (secondary N) is 1. The highest BCUT2D eigenvalue weighted by Gasteiger charge is 2.34. The maximum absolute atomic E-state index is 12.6. The molecule has 1 aliphatic heterocycles. The molecule has 1 heterocycles. The fourth-order valence-corrected chi connectivity index (χ4v) is 4.90. The van der Waals surface area contributed by atoms with Gasteiger partial charge < -0.3 is 5.32 Å². The molecule has 3 aromatic rings. The number of thioether (sulfide) groups is 1. The normalized spacial score (nSPS) is 16.1. The third-order valence-electron chi connectivity index (χ3n) is 5.55. The number of rotatable bonds is 5. The van der Waals surface area contributed by atoms with Crippen LogP contribution in [0.1, 0.15) is 52.2 Å². The van der Waals surface area contributed by atoms with Gasteiger partial charge in [0.15, 0.2) is 0 Å². The topological polar surface area (TPSA) is 49.4 Å². The van der Waals surface area contributed by atoms with Crippen LogP contribution in [0, 0.1) is 6.92 Å². The molecule has 0 radical (unpaired) electrons. The van der Waals surface area contributed by atoms with E-state index < -0.39 is 0 Å². The van der Waals surface area contributed by atoms with E-state index in [1.807, 2.05) is 72.5 Å². The fourth-order valence-electron chi connectivity index (χ4n) is 3.73. The second-order valence-corrected chi connectivity index (χ2v) is 9.13. The summed E-state index contributed by atoms with van der Waals surface area (Å²) in [4.78, 5) is 27.1. The molecule has 1 saturated heterocycles. The average Bonchev–Trinajstić information content (AvgIpc) is 3.16. The Hall–Kier alpha value is -3.05. The first kappa shape index (κ1) is 21.2. The summed E-state index contributed by atoms with van der Waals surface area (Å²) in [5, 5.41) is 2.89. The second kappa shape index (κ2) is 8.98. The summed E-state index contributed by atoms with van der Waals surface area (Å²) in [6, 6.07) is 23.5. The molecule has 31 heavy (non-hydrogen) atoms. The van der Waals surface area contributed by atoms with Crippen LogP contribution in [0.25, 0.3) is 0 Å². The molecule has 3 aromatic carbocycles. The molecule has 158 valence electrons. The zero-order valence-corrected chi connectivity index (χ0v) is 18.8. The smallest absolute Gasteiger partial charge is 0.255 e. The van der Waals surface area contributed by atoms with Gasteiger partial charge in [0.1, 0.15) is 5.37 Å². The molecule has 1 N–H and O–H groups in total. The monoisotopic (exact) mass is 430 g/mol. The number of amides is 2. The maximum atomic E-state index is 12.6. The lowest BCUT2D eigenvalue weighted by Gasteiger charge is -2.25. The number of nitrogens with zero attached hydrogens (tertiary/aromatic N) is 1. The highest BCUT2D eigenvalue weighted by Crippen LogP contribution is 2.42. The van der Waals surface area contributed by atoms with Crippen molar-refractivity contribution in [2.75, 3.05) is 16.0 Å². The lowest BCUT2D eigenvalue weighted by Crippen LogP contribution is -2.27. The van der Waals surface area contributed by atoms with E-state index in [0.717, 1.165) is 22.5 Å². The maximum Gasteiger partial charge on any atom is 0.255 e. The highest BCUT2D eigenvalue weighted by atomic mass is 32.2. The van der Waals surface area contributed by atoms with Crippen LogP contribution < -0.4 is 10.2 Å². The summed E-state index contributed by atoms with van der Waals surface area (Å²) < 4.78 is 0. The first-order chi connectivity index (χ1) is 14.9. The van der Waals surface area contributed by atoms with Gasteiger partial charge in [0, 0.05) is 16.9 Å². The lowest BCUT2D eigenvalue weighted by molar-refractivity contribution is -0.115. The van der Waals surface area contributed by atoms with Crippen LogP contribution in [0.15, 0.2) is 72.8 Å². The van der Waals surface area contributed by atoms with Gasteiger partial charge in [-0.3, -0.25) is 14.5 Å². The van der Waals surface area contributed by atoms with E-state index >= 15 is 0 Å².